The largest absolute Gasteiger partial charge is 0.476 e. The van der Waals surface area contributed by atoms with Crippen molar-refractivity contribution in [3.05, 3.63) is 30.0 Å². The Labute approximate surface area is 85.0 Å². The molecule has 0 saturated carbocycles. The van der Waals surface area contributed by atoms with Crippen molar-refractivity contribution in [2.75, 3.05) is 0 Å². The Kier molecular flexibility index (Phi) is 2.17. The first-order valence-electron chi connectivity index (χ1n) is 4.25. The normalized spacial score (nSPS) is 10.2. The van der Waals surface area contributed by atoms with E-state index in [1.165, 1.54) is 6.33 Å². The van der Waals surface area contributed by atoms with E-state index in [1.807, 2.05) is 0 Å². The van der Waals surface area contributed by atoms with Crippen molar-refractivity contribution in [3.8, 4) is 11.5 Å². The van der Waals surface area contributed by atoms with Crippen LogP contribution in [0.3, 0.4) is 0 Å². The highest BCUT2D eigenvalue weighted by atomic mass is 16.4. The highest BCUT2D eigenvalue weighted by Crippen LogP contribution is 2.14. The summed E-state index contributed by atoms with van der Waals surface area (Å²) in [4.78, 5) is 25.3. The van der Waals surface area contributed by atoms with E-state index in [0.29, 0.717) is 17.2 Å². The molecule has 0 aliphatic rings. The summed E-state index contributed by atoms with van der Waals surface area (Å²) in [6, 6.07) is 1.66. The Morgan fingerprint density at radius 2 is 2.33 bits per heavy atom. The van der Waals surface area contributed by atoms with Crippen molar-refractivity contribution < 1.29 is 9.90 Å². The summed E-state index contributed by atoms with van der Waals surface area (Å²) in [6.45, 7) is 1.65. The summed E-state index contributed by atoms with van der Waals surface area (Å²) < 4.78 is 0. The SMILES string of the molecule is Cc1[nH]c(-c2ccncn2)nc1C(=O)O. The fraction of sp³-hybridized carbons (Fsp3) is 0.111. The van der Waals surface area contributed by atoms with Crippen molar-refractivity contribution in [1.82, 2.24) is 19.9 Å². The van der Waals surface area contributed by atoms with Gasteiger partial charge in [-0.2, -0.15) is 0 Å². The van der Waals surface area contributed by atoms with Crippen LogP contribution < -0.4 is 0 Å². The molecule has 0 aliphatic heterocycles. The van der Waals surface area contributed by atoms with Gasteiger partial charge >= 0.3 is 5.97 Å². The molecule has 2 N–H and O–H groups in total. The predicted molar refractivity (Wildman–Crippen MR) is 51.3 cm³/mol. The van der Waals surface area contributed by atoms with Crippen LogP contribution in [0.5, 0.6) is 0 Å². The first kappa shape index (κ1) is 9.32. The first-order valence-corrected chi connectivity index (χ1v) is 4.25. The topological polar surface area (TPSA) is 91.8 Å². The highest BCUT2D eigenvalue weighted by molar-refractivity contribution is 5.87. The monoisotopic (exact) mass is 204 g/mol. The Bertz CT molecular complexity index is 492. The number of aromatic amines is 1. The second-order valence-electron chi connectivity index (χ2n) is 2.96. The number of carboxylic acid groups (broad SMARTS) is 1. The average Bonchev–Trinajstić information content (AvgIpc) is 2.62. The van der Waals surface area contributed by atoms with Gasteiger partial charge in [-0.25, -0.2) is 19.7 Å². The molecule has 2 heterocycles. The van der Waals surface area contributed by atoms with E-state index < -0.39 is 5.97 Å². The molecule has 15 heavy (non-hydrogen) atoms. The number of imidazole rings is 1. The number of hydrogen-bond donors (Lipinski definition) is 2. The molecule has 2 rings (SSSR count). The van der Waals surface area contributed by atoms with Gasteiger partial charge in [0.25, 0.3) is 0 Å². The zero-order valence-corrected chi connectivity index (χ0v) is 7.93. The molecule has 6 nitrogen and oxygen atoms in total. The van der Waals surface area contributed by atoms with Crippen LogP contribution in [0.2, 0.25) is 0 Å². The van der Waals surface area contributed by atoms with E-state index >= 15 is 0 Å². The lowest BCUT2D eigenvalue weighted by atomic mass is 10.4. The standard InChI is InChI=1S/C9H8N4O2/c1-5-7(9(14)15)13-8(12-5)6-2-3-10-4-11-6/h2-4H,1H3,(H,12,13)(H,14,15). The molecule has 0 radical (unpaired) electrons. The van der Waals surface area contributed by atoms with Crippen molar-refractivity contribution in [2.45, 2.75) is 6.92 Å². The van der Waals surface area contributed by atoms with E-state index in [9.17, 15) is 4.79 Å². The smallest absolute Gasteiger partial charge is 0.356 e. The van der Waals surface area contributed by atoms with Crippen LogP contribution in [0, 0.1) is 6.92 Å². The molecule has 0 fully saturated rings. The van der Waals surface area contributed by atoms with Crippen LogP contribution in [0.15, 0.2) is 18.6 Å². The molecule has 0 atom stereocenters. The lowest BCUT2D eigenvalue weighted by Crippen LogP contribution is -1.98. The number of carbonyl (C=O) groups is 1. The third kappa shape index (κ3) is 1.69. The maximum atomic E-state index is 10.8. The third-order valence-corrected chi connectivity index (χ3v) is 1.91. The molecule has 0 spiro atoms. The quantitative estimate of drug-likeness (QED) is 0.757. The second kappa shape index (κ2) is 3.49. The fourth-order valence-electron chi connectivity index (χ4n) is 1.22. The van der Waals surface area contributed by atoms with Crippen LogP contribution in [-0.2, 0) is 0 Å². The number of H-pyrrole nitrogens is 1. The van der Waals surface area contributed by atoms with Gasteiger partial charge in [0.15, 0.2) is 11.5 Å². The minimum Gasteiger partial charge on any atom is -0.476 e. The van der Waals surface area contributed by atoms with E-state index in [0.717, 1.165) is 0 Å². The predicted octanol–water partition coefficient (Wildman–Crippen LogP) is 0.873. The van der Waals surface area contributed by atoms with Gasteiger partial charge in [-0.3, -0.25) is 0 Å². The van der Waals surface area contributed by atoms with Gasteiger partial charge in [-0.05, 0) is 13.0 Å². The van der Waals surface area contributed by atoms with Gasteiger partial charge in [0.05, 0.1) is 0 Å². The zero-order chi connectivity index (χ0) is 10.8. The number of aromatic nitrogens is 4. The molecular weight excluding hydrogens is 196 g/mol. The maximum Gasteiger partial charge on any atom is 0.356 e. The van der Waals surface area contributed by atoms with Crippen LogP contribution in [0.25, 0.3) is 11.5 Å². The summed E-state index contributed by atoms with van der Waals surface area (Å²) in [5.74, 6) is -0.614. The highest BCUT2D eigenvalue weighted by Gasteiger charge is 2.14. The van der Waals surface area contributed by atoms with Gasteiger partial charge in [-0.1, -0.05) is 0 Å². The average molecular weight is 204 g/mol. The minimum atomic E-state index is -1.05. The lowest BCUT2D eigenvalue weighted by molar-refractivity contribution is 0.0690. The van der Waals surface area contributed by atoms with Crippen molar-refractivity contribution in [3.63, 3.8) is 0 Å². The number of rotatable bonds is 2. The molecule has 0 unspecified atom stereocenters. The van der Waals surface area contributed by atoms with Crippen LogP contribution in [0.4, 0.5) is 0 Å². The van der Waals surface area contributed by atoms with Crippen molar-refractivity contribution >= 4 is 5.97 Å². The molecule has 6 heteroatoms. The molecular formula is C9H8N4O2. The summed E-state index contributed by atoms with van der Waals surface area (Å²) in [5, 5.41) is 8.81. The summed E-state index contributed by atoms with van der Waals surface area (Å²) >= 11 is 0. The second-order valence-corrected chi connectivity index (χ2v) is 2.96. The Morgan fingerprint density at radius 1 is 1.53 bits per heavy atom. The number of aromatic carboxylic acids is 1. The zero-order valence-electron chi connectivity index (χ0n) is 7.93. The number of nitrogens with zero attached hydrogens (tertiary/aromatic N) is 3. The van der Waals surface area contributed by atoms with Gasteiger partial charge in [0, 0.05) is 11.9 Å². The lowest BCUT2D eigenvalue weighted by Gasteiger charge is -1.91. The third-order valence-electron chi connectivity index (χ3n) is 1.91. The number of carboxylic acids is 1. The molecule has 2 aromatic heterocycles. The van der Waals surface area contributed by atoms with Crippen LogP contribution in [-0.4, -0.2) is 31.0 Å². The summed E-state index contributed by atoms with van der Waals surface area (Å²) in [7, 11) is 0. The number of aryl methyl sites for hydroxylation is 1. The van der Waals surface area contributed by atoms with Gasteiger partial charge < -0.3 is 10.1 Å². The van der Waals surface area contributed by atoms with Crippen LogP contribution >= 0.6 is 0 Å². The number of hydrogen-bond acceptors (Lipinski definition) is 4. The Balaban J connectivity index is 2.48. The maximum absolute atomic E-state index is 10.8. The first-order chi connectivity index (χ1) is 7.18. The Morgan fingerprint density at radius 3 is 2.87 bits per heavy atom. The van der Waals surface area contributed by atoms with Crippen molar-refractivity contribution in [1.29, 1.82) is 0 Å². The van der Waals surface area contributed by atoms with Crippen LogP contribution in [0.1, 0.15) is 16.2 Å². The van der Waals surface area contributed by atoms with Gasteiger partial charge in [-0.15, -0.1) is 0 Å². The molecule has 76 valence electrons. The summed E-state index contributed by atoms with van der Waals surface area (Å²) in [5.41, 5.74) is 1.10. The van der Waals surface area contributed by atoms with E-state index in [-0.39, 0.29) is 5.69 Å². The molecule has 0 bridgehead atoms. The summed E-state index contributed by atoms with van der Waals surface area (Å²) in [6.07, 6.45) is 2.95. The van der Waals surface area contributed by atoms with E-state index in [4.69, 9.17) is 5.11 Å². The molecule has 0 aliphatic carbocycles. The molecule has 2 aromatic rings. The van der Waals surface area contributed by atoms with E-state index in [2.05, 4.69) is 19.9 Å². The number of nitrogens with one attached hydrogen (secondary N) is 1. The van der Waals surface area contributed by atoms with Gasteiger partial charge in [0.2, 0.25) is 0 Å². The van der Waals surface area contributed by atoms with E-state index in [1.54, 1.807) is 19.2 Å². The molecule has 0 amide bonds. The minimum absolute atomic E-state index is 0.0172. The molecule has 0 saturated heterocycles. The van der Waals surface area contributed by atoms with Gasteiger partial charge in [0.1, 0.15) is 12.0 Å². The van der Waals surface area contributed by atoms with Crippen molar-refractivity contribution in [2.24, 2.45) is 0 Å². The Hall–Kier alpha value is -2.24. The molecule has 0 aromatic carbocycles. The fourth-order valence-corrected chi connectivity index (χ4v) is 1.22.